The lowest BCUT2D eigenvalue weighted by atomic mass is 10.4. The summed E-state index contributed by atoms with van der Waals surface area (Å²) >= 11 is 0. The molecule has 5 nitrogen and oxygen atoms in total. The van der Waals surface area contributed by atoms with Crippen molar-refractivity contribution in [3.8, 4) is 0 Å². The van der Waals surface area contributed by atoms with Gasteiger partial charge in [-0.15, -0.1) is 0 Å². The minimum atomic E-state index is -0.406. The summed E-state index contributed by atoms with van der Waals surface area (Å²) in [6.45, 7) is 9.16. The van der Waals surface area contributed by atoms with Crippen molar-refractivity contribution in [3.63, 3.8) is 0 Å². The van der Waals surface area contributed by atoms with Gasteiger partial charge in [0, 0.05) is 18.5 Å². The van der Waals surface area contributed by atoms with Crippen LogP contribution in [0.5, 0.6) is 0 Å². The van der Waals surface area contributed by atoms with Crippen molar-refractivity contribution in [2.45, 2.75) is 27.2 Å². The molecule has 5 heteroatoms. The van der Waals surface area contributed by atoms with E-state index < -0.39 is 5.97 Å². The van der Waals surface area contributed by atoms with Crippen LogP contribution in [-0.2, 0) is 14.4 Å². The average Bonchev–Trinajstić information content (AvgIpc) is 2.14. The summed E-state index contributed by atoms with van der Waals surface area (Å²) in [6.07, 6.45) is 0.444. The van der Waals surface area contributed by atoms with E-state index in [-0.39, 0.29) is 5.91 Å². The molecule has 0 unspecified atom stereocenters. The maximum atomic E-state index is 10.5. The predicted octanol–water partition coefficient (Wildman–Crippen LogP) is 0.512. The van der Waals surface area contributed by atoms with Crippen LogP contribution in [0.2, 0.25) is 0 Å². The molecule has 0 atom stereocenters. The second-order valence-electron chi connectivity index (χ2n) is 2.49. The Morgan fingerprint density at radius 1 is 1.43 bits per heavy atom. The number of hydrogen-bond donors (Lipinski definition) is 2. The summed E-state index contributed by atoms with van der Waals surface area (Å²) in [5.41, 5.74) is 7.47. The lowest BCUT2D eigenvalue weighted by Gasteiger charge is -2.00. The molecule has 82 valence electrons. The lowest BCUT2D eigenvalue weighted by Crippen LogP contribution is -2.19. The number of hydroxylamine groups is 1. The Kier molecular flexibility index (Phi) is 10.5. The highest BCUT2D eigenvalue weighted by Crippen LogP contribution is 1.87. The minimum absolute atomic E-state index is 0.245. The van der Waals surface area contributed by atoms with Gasteiger partial charge in [0.1, 0.15) is 0 Å². The molecule has 0 aliphatic rings. The Morgan fingerprint density at radius 2 is 1.86 bits per heavy atom. The van der Waals surface area contributed by atoms with Gasteiger partial charge in [-0.3, -0.25) is 4.79 Å². The van der Waals surface area contributed by atoms with Gasteiger partial charge in [-0.1, -0.05) is 13.5 Å². The molecule has 0 rings (SSSR count). The van der Waals surface area contributed by atoms with E-state index in [1.165, 1.54) is 0 Å². The Hall–Kier alpha value is -1.36. The van der Waals surface area contributed by atoms with Crippen LogP contribution < -0.4 is 11.2 Å². The van der Waals surface area contributed by atoms with Crippen molar-refractivity contribution < 1.29 is 14.4 Å². The first-order valence-corrected chi connectivity index (χ1v) is 4.33. The molecule has 0 aromatic carbocycles. The maximum Gasteiger partial charge on any atom is 0.351 e. The second kappa shape index (κ2) is 9.73. The zero-order valence-electron chi connectivity index (χ0n) is 8.92. The predicted molar refractivity (Wildman–Crippen MR) is 54.1 cm³/mol. The normalized spacial score (nSPS) is 8.21. The van der Waals surface area contributed by atoms with E-state index in [9.17, 15) is 9.59 Å². The molecule has 0 bridgehead atoms. The third kappa shape index (κ3) is 13.2. The van der Waals surface area contributed by atoms with E-state index >= 15 is 0 Å². The first kappa shape index (κ1) is 15.1. The molecule has 0 aliphatic carbocycles. The average molecular weight is 202 g/mol. The van der Waals surface area contributed by atoms with E-state index in [0.29, 0.717) is 18.5 Å². The molecule has 3 N–H and O–H groups in total. The van der Waals surface area contributed by atoms with E-state index in [1.807, 2.05) is 6.92 Å². The van der Waals surface area contributed by atoms with E-state index in [0.717, 1.165) is 0 Å². The van der Waals surface area contributed by atoms with Crippen LogP contribution in [0.15, 0.2) is 12.2 Å². The van der Waals surface area contributed by atoms with Gasteiger partial charge in [-0.05, 0) is 13.8 Å². The SMILES string of the molecule is C=C(C)C(=O)ONCC.CCC(N)=O. The molecule has 0 saturated carbocycles. The molecule has 0 aromatic heterocycles. The molecule has 14 heavy (non-hydrogen) atoms. The highest BCUT2D eigenvalue weighted by atomic mass is 16.7. The number of carbonyl (C=O) groups is 2. The summed E-state index contributed by atoms with van der Waals surface area (Å²) in [4.78, 5) is 24.6. The third-order valence-corrected chi connectivity index (χ3v) is 1.01. The molecular formula is C9H18N2O3. The summed E-state index contributed by atoms with van der Waals surface area (Å²) in [6, 6.07) is 0. The standard InChI is InChI=1S/C6H11NO2.C3H7NO/c1-4-7-9-6(8)5(2)3;1-2-3(4)5/h7H,2,4H2,1,3H3;2H2,1H3,(H2,4,5). The summed E-state index contributed by atoms with van der Waals surface area (Å²) < 4.78 is 0. The van der Waals surface area contributed by atoms with Crippen LogP contribution in [0.3, 0.4) is 0 Å². The molecule has 0 fully saturated rings. The largest absolute Gasteiger partial charge is 0.370 e. The molecule has 0 spiro atoms. The van der Waals surface area contributed by atoms with Crippen LogP contribution in [0.4, 0.5) is 0 Å². The Balaban J connectivity index is 0. The van der Waals surface area contributed by atoms with Crippen LogP contribution in [0, 0.1) is 0 Å². The van der Waals surface area contributed by atoms with Gasteiger partial charge in [-0.2, -0.15) is 5.48 Å². The van der Waals surface area contributed by atoms with Crippen molar-refractivity contribution >= 4 is 11.9 Å². The first-order chi connectivity index (χ1) is 6.45. The second-order valence-corrected chi connectivity index (χ2v) is 2.49. The van der Waals surface area contributed by atoms with Gasteiger partial charge < -0.3 is 10.6 Å². The summed E-state index contributed by atoms with van der Waals surface area (Å²) in [7, 11) is 0. The first-order valence-electron chi connectivity index (χ1n) is 4.33. The zero-order valence-corrected chi connectivity index (χ0v) is 8.92. The molecule has 0 aliphatic heterocycles. The Labute approximate surface area is 84.3 Å². The number of hydrogen-bond acceptors (Lipinski definition) is 4. The monoisotopic (exact) mass is 202 g/mol. The number of nitrogens with one attached hydrogen (secondary N) is 1. The highest BCUT2D eigenvalue weighted by molar-refractivity contribution is 5.86. The smallest absolute Gasteiger partial charge is 0.351 e. The fourth-order valence-corrected chi connectivity index (χ4v) is 0.225. The van der Waals surface area contributed by atoms with E-state index in [2.05, 4.69) is 22.6 Å². The molecule has 1 amide bonds. The van der Waals surface area contributed by atoms with Gasteiger partial charge in [0.05, 0.1) is 0 Å². The van der Waals surface area contributed by atoms with Gasteiger partial charge in [0.2, 0.25) is 5.91 Å². The summed E-state index contributed by atoms with van der Waals surface area (Å²) in [5, 5.41) is 0. The fourth-order valence-electron chi connectivity index (χ4n) is 0.225. The topological polar surface area (TPSA) is 81.4 Å². The summed E-state index contributed by atoms with van der Waals surface area (Å²) in [5.74, 6) is -0.651. The minimum Gasteiger partial charge on any atom is -0.370 e. The van der Waals surface area contributed by atoms with Gasteiger partial charge in [0.15, 0.2) is 0 Å². The van der Waals surface area contributed by atoms with Crippen molar-refractivity contribution in [1.82, 2.24) is 5.48 Å². The Morgan fingerprint density at radius 3 is 2.07 bits per heavy atom. The van der Waals surface area contributed by atoms with Gasteiger partial charge >= 0.3 is 5.97 Å². The lowest BCUT2D eigenvalue weighted by molar-refractivity contribution is -0.145. The molecule has 0 saturated heterocycles. The number of nitrogens with two attached hydrogens (primary N) is 1. The number of amides is 1. The fraction of sp³-hybridized carbons (Fsp3) is 0.556. The van der Waals surface area contributed by atoms with Crippen LogP contribution in [-0.4, -0.2) is 18.4 Å². The van der Waals surface area contributed by atoms with Crippen LogP contribution in [0.1, 0.15) is 27.2 Å². The van der Waals surface area contributed by atoms with Crippen LogP contribution in [0.25, 0.3) is 0 Å². The molecule has 0 radical (unpaired) electrons. The van der Waals surface area contributed by atoms with Crippen molar-refractivity contribution in [3.05, 3.63) is 12.2 Å². The number of primary amides is 1. The zero-order chi connectivity index (χ0) is 11.6. The van der Waals surface area contributed by atoms with E-state index in [4.69, 9.17) is 0 Å². The van der Waals surface area contributed by atoms with Crippen molar-refractivity contribution in [2.24, 2.45) is 5.73 Å². The van der Waals surface area contributed by atoms with Crippen LogP contribution >= 0.6 is 0 Å². The highest BCUT2D eigenvalue weighted by Gasteiger charge is 1.99. The van der Waals surface area contributed by atoms with E-state index in [1.54, 1.807) is 13.8 Å². The number of rotatable bonds is 4. The van der Waals surface area contributed by atoms with Gasteiger partial charge in [0.25, 0.3) is 0 Å². The van der Waals surface area contributed by atoms with Crippen molar-refractivity contribution in [2.75, 3.05) is 6.54 Å². The third-order valence-electron chi connectivity index (χ3n) is 1.01. The van der Waals surface area contributed by atoms with Crippen molar-refractivity contribution in [1.29, 1.82) is 0 Å². The number of carbonyl (C=O) groups excluding carboxylic acids is 2. The molecule has 0 aromatic rings. The quantitative estimate of drug-likeness (QED) is 0.514. The maximum absolute atomic E-state index is 10.5. The molecule has 0 heterocycles. The Bertz CT molecular complexity index is 202. The molecular weight excluding hydrogens is 184 g/mol. The van der Waals surface area contributed by atoms with Gasteiger partial charge in [-0.25, -0.2) is 4.79 Å².